The zero-order valence-electron chi connectivity index (χ0n) is 7.86. The van der Waals surface area contributed by atoms with Crippen LogP contribution >= 0.6 is 0 Å². The Morgan fingerprint density at radius 3 is 3.07 bits per heavy atom. The minimum Gasteiger partial charge on any atom is -0.450 e. The number of hydrogen-bond donors (Lipinski definition) is 1. The smallest absolute Gasteiger partial charge is 0.394 e. The van der Waals surface area contributed by atoms with E-state index in [2.05, 4.69) is 4.98 Å². The summed E-state index contributed by atoms with van der Waals surface area (Å²) in [6.45, 7) is 2.33. The Labute approximate surface area is 81.1 Å². The summed E-state index contributed by atoms with van der Waals surface area (Å²) in [4.78, 5) is 4.12. The maximum Gasteiger partial charge on any atom is 0.394 e. The minimum absolute atomic E-state index is 0.0462. The van der Waals surface area contributed by atoms with Gasteiger partial charge in [0.25, 0.3) is 0 Å². The maximum atomic E-state index is 9.05. The van der Waals surface area contributed by atoms with Gasteiger partial charge >= 0.3 is 6.08 Å². The molecule has 0 aliphatic heterocycles. The number of aliphatic hydroxyl groups is 1. The Bertz CT molecular complexity index is 436. The summed E-state index contributed by atoms with van der Waals surface area (Å²) in [7, 11) is 0. The van der Waals surface area contributed by atoms with Crippen molar-refractivity contribution in [3.05, 3.63) is 23.8 Å². The molecule has 1 N–H and O–H groups in total. The van der Waals surface area contributed by atoms with E-state index in [0.717, 1.165) is 5.56 Å². The molecule has 2 aromatic rings. The molecular formula is C10H11NO3. The van der Waals surface area contributed by atoms with Crippen molar-refractivity contribution in [2.75, 3.05) is 6.61 Å². The summed E-state index contributed by atoms with van der Waals surface area (Å²) in [5.41, 5.74) is 2.05. The monoisotopic (exact) mass is 193 g/mol. The molecule has 14 heavy (non-hydrogen) atoms. The molecule has 1 heterocycles. The predicted octanol–water partition coefficient (Wildman–Crippen LogP) is 1.72. The standard InChI is InChI=1S/C10H11NO3/c1-2-13-10-11-9-7(6-12)4-3-5-8(9)14-10/h3-5,12H,2,6H2,1H3. The summed E-state index contributed by atoms with van der Waals surface area (Å²) in [6.07, 6.45) is 0.253. The summed E-state index contributed by atoms with van der Waals surface area (Å²) < 4.78 is 10.4. The zero-order valence-corrected chi connectivity index (χ0v) is 7.86. The summed E-state index contributed by atoms with van der Waals surface area (Å²) in [5.74, 6) is 0. The number of para-hydroxylation sites is 1. The van der Waals surface area contributed by atoms with Crippen LogP contribution in [0.2, 0.25) is 0 Å². The fourth-order valence-electron chi connectivity index (χ4n) is 1.30. The number of oxazole rings is 1. The van der Waals surface area contributed by atoms with Crippen LogP contribution in [0.15, 0.2) is 22.6 Å². The number of aliphatic hydroxyl groups excluding tert-OH is 1. The minimum atomic E-state index is -0.0462. The summed E-state index contributed by atoms with van der Waals surface area (Å²) in [6, 6.07) is 5.42. The highest BCUT2D eigenvalue weighted by molar-refractivity contribution is 5.76. The molecule has 1 aromatic carbocycles. The molecule has 2 rings (SSSR count). The molecule has 0 fully saturated rings. The molecule has 1 aromatic heterocycles. The normalized spacial score (nSPS) is 10.7. The zero-order chi connectivity index (χ0) is 9.97. The molecule has 0 unspecified atom stereocenters. The second-order valence-electron chi connectivity index (χ2n) is 2.83. The predicted molar refractivity (Wildman–Crippen MR) is 51.1 cm³/mol. The van der Waals surface area contributed by atoms with E-state index in [1.165, 1.54) is 0 Å². The van der Waals surface area contributed by atoms with Crippen molar-refractivity contribution >= 4 is 11.1 Å². The van der Waals surface area contributed by atoms with Crippen molar-refractivity contribution in [2.45, 2.75) is 13.5 Å². The number of nitrogens with zero attached hydrogens (tertiary/aromatic N) is 1. The van der Waals surface area contributed by atoms with Crippen molar-refractivity contribution in [1.29, 1.82) is 0 Å². The number of ether oxygens (including phenoxy) is 1. The van der Waals surface area contributed by atoms with E-state index in [-0.39, 0.29) is 12.7 Å². The number of fused-ring (bicyclic) bond motifs is 1. The molecule has 0 atom stereocenters. The Hall–Kier alpha value is -1.55. The van der Waals surface area contributed by atoms with Crippen LogP contribution < -0.4 is 4.74 Å². The van der Waals surface area contributed by atoms with Gasteiger partial charge in [0, 0.05) is 5.56 Å². The molecule has 74 valence electrons. The van der Waals surface area contributed by atoms with Crippen LogP contribution in [-0.2, 0) is 6.61 Å². The van der Waals surface area contributed by atoms with Crippen molar-refractivity contribution in [3.63, 3.8) is 0 Å². The highest BCUT2D eigenvalue weighted by Crippen LogP contribution is 2.23. The van der Waals surface area contributed by atoms with E-state index < -0.39 is 0 Å². The highest BCUT2D eigenvalue weighted by atomic mass is 16.6. The molecular weight excluding hydrogens is 182 g/mol. The molecule has 0 amide bonds. The van der Waals surface area contributed by atoms with Crippen molar-refractivity contribution in [3.8, 4) is 6.08 Å². The molecule has 0 bridgehead atoms. The van der Waals surface area contributed by atoms with E-state index in [1.807, 2.05) is 13.0 Å². The lowest BCUT2D eigenvalue weighted by molar-refractivity contribution is 0.251. The van der Waals surface area contributed by atoms with E-state index in [4.69, 9.17) is 14.3 Å². The third-order valence-electron chi connectivity index (χ3n) is 1.92. The summed E-state index contributed by atoms with van der Waals surface area (Å²) >= 11 is 0. The number of aromatic nitrogens is 1. The van der Waals surface area contributed by atoms with Gasteiger partial charge in [-0.05, 0) is 13.0 Å². The molecule has 4 nitrogen and oxygen atoms in total. The second kappa shape index (κ2) is 3.67. The van der Waals surface area contributed by atoms with E-state index >= 15 is 0 Å². The molecule has 0 aliphatic carbocycles. The Balaban J connectivity index is 2.52. The van der Waals surface area contributed by atoms with Crippen molar-refractivity contribution < 1.29 is 14.3 Å². The Kier molecular flexibility index (Phi) is 2.37. The SMILES string of the molecule is CCOc1nc2c(CO)cccc2o1. The van der Waals surface area contributed by atoms with Gasteiger partial charge in [0.15, 0.2) is 5.58 Å². The third-order valence-corrected chi connectivity index (χ3v) is 1.92. The highest BCUT2D eigenvalue weighted by Gasteiger charge is 2.08. The lowest BCUT2D eigenvalue weighted by atomic mass is 10.2. The average Bonchev–Trinajstić information content (AvgIpc) is 2.60. The van der Waals surface area contributed by atoms with Gasteiger partial charge in [-0.15, -0.1) is 0 Å². The maximum absolute atomic E-state index is 9.05. The lowest BCUT2D eigenvalue weighted by Gasteiger charge is -1.93. The third kappa shape index (κ3) is 1.44. The van der Waals surface area contributed by atoms with Crippen LogP contribution in [0.25, 0.3) is 11.1 Å². The fourth-order valence-corrected chi connectivity index (χ4v) is 1.30. The van der Waals surface area contributed by atoms with Crippen LogP contribution in [0.1, 0.15) is 12.5 Å². The van der Waals surface area contributed by atoms with Crippen molar-refractivity contribution in [1.82, 2.24) is 4.98 Å². The first-order valence-corrected chi connectivity index (χ1v) is 4.47. The van der Waals surface area contributed by atoms with E-state index in [0.29, 0.717) is 17.7 Å². The van der Waals surface area contributed by atoms with Crippen LogP contribution in [0, 0.1) is 0 Å². The van der Waals surface area contributed by atoms with Gasteiger partial charge < -0.3 is 14.3 Å². The van der Waals surface area contributed by atoms with Gasteiger partial charge in [-0.25, -0.2) is 0 Å². The van der Waals surface area contributed by atoms with Crippen LogP contribution in [0.5, 0.6) is 6.08 Å². The largest absolute Gasteiger partial charge is 0.450 e. The Morgan fingerprint density at radius 2 is 2.36 bits per heavy atom. The first-order valence-electron chi connectivity index (χ1n) is 4.47. The van der Waals surface area contributed by atoms with Gasteiger partial charge in [-0.2, -0.15) is 4.98 Å². The van der Waals surface area contributed by atoms with Gasteiger partial charge in [-0.3, -0.25) is 0 Å². The molecule has 0 aliphatic rings. The van der Waals surface area contributed by atoms with Gasteiger partial charge in [0.1, 0.15) is 5.52 Å². The van der Waals surface area contributed by atoms with E-state index in [9.17, 15) is 0 Å². The Morgan fingerprint density at radius 1 is 1.50 bits per heavy atom. The van der Waals surface area contributed by atoms with Gasteiger partial charge in [0.2, 0.25) is 0 Å². The summed E-state index contributed by atoms with van der Waals surface area (Å²) in [5, 5.41) is 9.05. The van der Waals surface area contributed by atoms with Crippen LogP contribution in [0.3, 0.4) is 0 Å². The number of rotatable bonds is 3. The number of hydrogen-bond acceptors (Lipinski definition) is 4. The van der Waals surface area contributed by atoms with Gasteiger partial charge in [0.05, 0.1) is 13.2 Å². The first kappa shape index (κ1) is 9.02. The van der Waals surface area contributed by atoms with E-state index in [1.54, 1.807) is 12.1 Å². The molecule has 0 radical (unpaired) electrons. The molecule has 4 heteroatoms. The first-order chi connectivity index (χ1) is 6.85. The topological polar surface area (TPSA) is 55.5 Å². The average molecular weight is 193 g/mol. The van der Waals surface area contributed by atoms with Crippen LogP contribution in [0.4, 0.5) is 0 Å². The molecule has 0 spiro atoms. The number of benzene rings is 1. The lowest BCUT2D eigenvalue weighted by Crippen LogP contribution is -1.90. The quantitative estimate of drug-likeness (QED) is 0.806. The van der Waals surface area contributed by atoms with Gasteiger partial charge in [-0.1, -0.05) is 12.1 Å². The fraction of sp³-hybridized carbons (Fsp3) is 0.300. The van der Waals surface area contributed by atoms with Crippen LogP contribution in [-0.4, -0.2) is 16.7 Å². The second-order valence-corrected chi connectivity index (χ2v) is 2.83. The van der Waals surface area contributed by atoms with Crippen molar-refractivity contribution in [2.24, 2.45) is 0 Å². The molecule has 0 saturated heterocycles. The molecule has 0 saturated carbocycles.